The number of hydrogen-bond acceptors (Lipinski definition) is 4. The number of aromatic nitrogens is 1. The molecular weight excluding hydrogens is 324 g/mol. The predicted molar refractivity (Wildman–Crippen MR) is 94.2 cm³/mol. The van der Waals surface area contributed by atoms with Crippen LogP contribution in [-0.4, -0.2) is 48.0 Å². The summed E-state index contributed by atoms with van der Waals surface area (Å²) in [6, 6.07) is 10.0. The molecule has 0 atom stereocenters. The molecule has 126 valence electrons. The summed E-state index contributed by atoms with van der Waals surface area (Å²) in [5.41, 5.74) is 1.26. The van der Waals surface area contributed by atoms with E-state index in [1.807, 2.05) is 23.6 Å². The highest BCUT2D eigenvalue weighted by Crippen LogP contribution is 2.19. The first-order chi connectivity index (χ1) is 11.7. The number of anilines is 1. The van der Waals surface area contributed by atoms with Gasteiger partial charge in [-0.25, -0.2) is 9.78 Å². The molecule has 1 aromatic heterocycles. The average Bonchev–Trinajstić information content (AvgIpc) is 3.13. The molecular formula is C17H20N4O2S. The van der Waals surface area contributed by atoms with E-state index < -0.39 is 0 Å². The van der Waals surface area contributed by atoms with Gasteiger partial charge in [0.2, 0.25) is 5.91 Å². The van der Waals surface area contributed by atoms with Gasteiger partial charge in [-0.1, -0.05) is 30.3 Å². The van der Waals surface area contributed by atoms with Crippen molar-refractivity contribution in [2.45, 2.75) is 12.8 Å². The van der Waals surface area contributed by atoms with Crippen LogP contribution < -0.4 is 10.2 Å². The molecule has 3 amide bonds. The highest BCUT2D eigenvalue weighted by atomic mass is 32.1. The molecule has 1 saturated heterocycles. The second-order valence-corrected chi connectivity index (χ2v) is 6.48. The average molecular weight is 344 g/mol. The molecule has 0 bridgehead atoms. The minimum Gasteiger partial charge on any atom is -0.338 e. The normalized spacial score (nSPS) is 14.8. The van der Waals surface area contributed by atoms with Crippen molar-refractivity contribution in [3.63, 3.8) is 0 Å². The monoisotopic (exact) mass is 344 g/mol. The molecule has 1 N–H and O–H groups in total. The number of nitrogens with zero attached hydrogens (tertiary/aromatic N) is 3. The van der Waals surface area contributed by atoms with Crippen molar-refractivity contribution in [3.05, 3.63) is 47.5 Å². The van der Waals surface area contributed by atoms with Crippen molar-refractivity contribution in [2.75, 3.05) is 31.1 Å². The number of urea groups is 1. The van der Waals surface area contributed by atoms with E-state index in [1.165, 1.54) is 16.9 Å². The third kappa shape index (κ3) is 4.11. The number of aryl methyl sites for hydroxylation is 1. The molecule has 1 aromatic carbocycles. The van der Waals surface area contributed by atoms with Crippen LogP contribution in [-0.2, 0) is 11.2 Å². The maximum atomic E-state index is 12.2. The van der Waals surface area contributed by atoms with Crippen LogP contribution in [0, 0.1) is 0 Å². The van der Waals surface area contributed by atoms with E-state index in [9.17, 15) is 9.59 Å². The lowest BCUT2D eigenvalue weighted by Crippen LogP contribution is -2.55. The molecule has 0 aliphatic carbocycles. The summed E-state index contributed by atoms with van der Waals surface area (Å²) in [5, 5.41) is 5.43. The zero-order chi connectivity index (χ0) is 16.8. The van der Waals surface area contributed by atoms with Crippen molar-refractivity contribution in [3.8, 4) is 0 Å². The molecule has 6 nitrogen and oxygen atoms in total. The number of rotatable bonds is 5. The summed E-state index contributed by atoms with van der Waals surface area (Å²) in [5.74, 6) is -0.0874. The Morgan fingerprint density at radius 3 is 2.79 bits per heavy atom. The van der Waals surface area contributed by atoms with Crippen molar-refractivity contribution in [1.29, 1.82) is 0 Å². The van der Waals surface area contributed by atoms with Gasteiger partial charge in [0.1, 0.15) is 6.54 Å². The van der Waals surface area contributed by atoms with E-state index in [2.05, 4.69) is 22.4 Å². The maximum Gasteiger partial charge on any atom is 0.317 e. The summed E-state index contributed by atoms with van der Waals surface area (Å²) >= 11 is 1.43. The molecule has 1 fully saturated rings. The highest BCUT2D eigenvalue weighted by molar-refractivity contribution is 7.13. The number of thiazole rings is 1. The SMILES string of the molecule is O=C(NCCCc1ccccc1)N1CCN(c2nccs2)C(=O)C1. The van der Waals surface area contributed by atoms with E-state index in [0.717, 1.165) is 12.8 Å². The largest absolute Gasteiger partial charge is 0.338 e. The van der Waals surface area contributed by atoms with Gasteiger partial charge in [-0.15, -0.1) is 11.3 Å². The number of amides is 3. The van der Waals surface area contributed by atoms with Crippen LogP contribution in [0.3, 0.4) is 0 Å². The number of hydrogen-bond donors (Lipinski definition) is 1. The Labute approximate surface area is 145 Å². The topological polar surface area (TPSA) is 65.5 Å². The summed E-state index contributed by atoms with van der Waals surface area (Å²) in [4.78, 5) is 31.7. The highest BCUT2D eigenvalue weighted by Gasteiger charge is 2.28. The van der Waals surface area contributed by atoms with Crippen molar-refractivity contribution >= 4 is 28.4 Å². The standard InChI is InChI=1S/C17H20N4O2S/c22-15-13-20(10-11-21(15)17-19-9-12-24-17)16(23)18-8-4-7-14-5-2-1-3-6-14/h1-3,5-6,9,12H,4,7-8,10-11,13H2,(H,18,23). The smallest absolute Gasteiger partial charge is 0.317 e. The zero-order valence-electron chi connectivity index (χ0n) is 13.4. The van der Waals surface area contributed by atoms with E-state index in [4.69, 9.17) is 0 Å². The molecule has 7 heteroatoms. The minimum absolute atomic E-state index is 0.0874. The van der Waals surface area contributed by atoms with Crippen LogP contribution in [0.4, 0.5) is 9.93 Å². The number of nitrogens with one attached hydrogen (secondary N) is 1. The Kier molecular flexibility index (Phi) is 5.43. The Bertz CT molecular complexity index is 675. The van der Waals surface area contributed by atoms with E-state index in [-0.39, 0.29) is 18.5 Å². The zero-order valence-corrected chi connectivity index (χ0v) is 14.2. The summed E-state index contributed by atoms with van der Waals surface area (Å²) in [7, 11) is 0. The third-order valence-corrected chi connectivity index (χ3v) is 4.71. The molecule has 1 aliphatic rings. The molecule has 0 unspecified atom stereocenters. The van der Waals surface area contributed by atoms with Crippen molar-refractivity contribution < 1.29 is 9.59 Å². The number of carbonyl (C=O) groups is 2. The lowest BCUT2D eigenvalue weighted by atomic mass is 10.1. The summed E-state index contributed by atoms with van der Waals surface area (Å²) in [6.45, 7) is 1.72. The lowest BCUT2D eigenvalue weighted by molar-refractivity contribution is -0.120. The summed E-state index contributed by atoms with van der Waals surface area (Å²) < 4.78 is 0. The first-order valence-corrected chi connectivity index (χ1v) is 8.88. The van der Waals surface area contributed by atoms with Gasteiger partial charge in [-0.05, 0) is 18.4 Å². The molecule has 0 saturated carbocycles. The van der Waals surface area contributed by atoms with Crippen LogP contribution in [0.1, 0.15) is 12.0 Å². The minimum atomic E-state index is -0.171. The Morgan fingerprint density at radius 1 is 1.25 bits per heavy atom. The Hall–Kier alpha value is -2.41. The second-order valence-electron chi connectivity index (χ2n) is 5.60. The van der Waals surface area contributed by atoms with Gasteiger partial charge in [-0.2, -0.15) is 0 Å². The molecule has 1 aliphatic heterocycles. The first kappa shape index (κ1) is 16.4. The van der Waals surface area contributed by atoms with Gasteiger partial charge in [0.05, 0.1) is 0 Å². The predicted octanol–water partition coefficient (Wildman–Crippen LogP) is 2.13. The van der Waals surface area contributed by atoms with Gasteiger partial charge in [0, 0.05) is 31.2 Å². The van der Waals surface area contributed by atoms with E-state index in [1.54, 1.807) is 16.0 Å². The molecule has 0 spiro atoms. The van der Waals surface area contributed by atoms with Crippen LogP contribution in [0.25, 0.3) is 0 Å². The van der Waals surface area contributed by atoms with Crippen LogP contribution in [0.15, 0.2) is 41.9 Å². The first-order valence-electron chi connectivity index (χ1n) is 8.00. The fourth-order valence-corrected chi connectivity index (χ4v) is 3.33. The molecule has 2 aromatic rings. The number of piperazine rings is 1. The fourth-order valence-electron chi connectivity index (χ4n) is 2.64. The second kappa shape index (κ2) is 7.92. The van der Waals surface area contributed by atoms with Crippen LogP contribution in [0.5, 0.6) is 0 Å². The Morgan fingerprint density at radius 2 is 2.08 bits per heavy atom. The number of carbonyl (C=O) groups excluding carboxylic acids is 2. The summed E-state index contributed by atoms with van der Waals surface area (Å²) in [6.07, 6.45) is 3.49. The van der Waals surface area contributed by atoms with E-state index in [0.29, 0.717) is 24.8 Å². The van der Waals surface area contributed by atoms with Crippen molar-refractivity contribution in [1.82, 2.24) is 15.2 Å². The lowest BCUT2D eigenvalue weighted by Gasteiger charge is -2.32. The quantitative estimate of drug-likeness (QED) is 0.845. The molecule has 24 heavy (non-hydrogen) atoms. The van der Waals surface area contributed by atoms with E-state index >= 15 is 0 Å². The van der Waals surface area contributed by atoms with Crippen molar-refractivity contribution in [2.24, 2.45) is 0 Å². The fraction of sp³-hybridized carbons (Fsp3) is 0.353. The van der Waals surface area contributed by atoms with Gasteiger partial charge in [0.25, 0.3) is 0 Å². The third-order valence-electron chi connectivity index (χ3n) is 3.92. The molecule has 2 heterocycles. The molecule has 0 radical (unpaired) electrons. The van der Waals surface area contributed by atoms with Crippen LogP contribution >= 0.6 is 11.3 Å². The maximum absolute atomic E-state index is 12.2. The number of benzene rings is 1. The van der Waals surface area contributed by atoms with Gasteiger partial charge in [0.15, 0.2) is 5.13 Å². The van der Waals surface area contributed by atoms with Gasteiger partial charge >= 0.3 is 6.03 Å². The van der Waals surface area contributed by atoms with Gasteiger partial charge < -0.3 is 10.2 Å². The van der Waals surface area contributed by atoms with Gasteiger partial charge in [-0.3, -0.25) is 9.69 Å². The Balaban J connectivity index is 1.41. The van der Waals surface area contributed by atoms with Crippen LogP contribution in [0.2, 0.25) is 0 Å². The molecule has 3 rings (SSSR count).